The second-order valence-electron chi connectivity index (χ2n) is 10.3. The highest BCUT2D eigenvalue weighted by Crippen LogP contribution is 2.56. The summed E-state index contributed by atoms with van der Waals surface area (Å²) in [5.74, 6) is 0.777. The van der Waals surface area contributed by atoms with Gasteiger partial charge in [0.25, 0.3) is 0 Å². The number of carbonyl (C=O) groups is 1. The fraction of sp³-hybridized carbons (Fsp3) is 0.182. The molecule has 0 fully saturated rings. The molecular weight excluding hydrogens is 581 g/mol. The Morgan fingerprint density at radius 3 is 2.36 bits per heavy atom. The van der Waals surface area contributed by atoms with Crippen molar-refractivity contribution in [3.8, 4) is 5.75 Å². The number of carbonyl (C=O) groups excluding carboxylic acids is 1. The number of fused-ring (bicyclic) bond motifs is 3. The molecule has 1 unspecified atom stereocenters. The van der Waals surface area contributed by atoms with Gasteiger partial charge in [-0.2, -0.15) is 0 Å². The van der Waals surface area contributed by atoms with Crippen LogP contribution in [0.4, 0.5) is 0 Å². The number of pyridine rings is 2. The summed E-state index contributed by atoms with van der Waals surface area (Å²) in [6.07, 6.45) is 14.6. The second kappa shape index (κ2) is 11.5. The summed E-state index contributed by atoms with van der Waals surface area (Å²) < 4.78 is 8.05. The third kappa shape index (κ3) is 5.06. The number of methoxy groups -OCH3 is 1. The molecule has 0 bridgehead atoms. The second-order valence-corrected chi connectivity index (χ2v) is 12.7. The Kier molecular flexibility index (Phi) is 7.39. The minimum Gasteiger partial charge on any atom is -0.497 e. The Balaban J connectivity index is 1.38. The standard InChI is InChI=1S/C33H26N4O2S3/c1-39-25-7-5-20(6-8-25)18-24-19-37-31(40)28-27-23(17-21-9-13-34-14-10-21)3-2-4-26(27)29(22-11-15-35-16-12-22)41-30(28)36-33(37)42-32(24)38/h5-18,29H,2-4,19H2,1H3. The number of ether oxygens (including phenoxy) is 1. The van der Waals surface area contributed by atoms with Gasteiger partial charge in [-0.3, -0.25) is 14.8 Å². The van der Waals surface area contributed by atoms with E-state index >= 15 is 0 Å². The molecule has 0 spiro atoms. The molecule has 5 heterocycles. The first-order chi connectivity index (χ1) is 20.6. The summed E-state index contributed by atoms with van der Waals surface area (Å²) in [5, 5.41) is 1.64. The van der Waals surface area contributed by atoms with Gasteiger partial charge >= 0.3 is 0 Å². The molecule has 42 heavy (non-hydrogen) atoms. The third-order valence-electron chi connectivity index (χ3n) is 7.72. The van der Waals surface area contributed by atoms with Crippen LogP contribution in [-0.2, 0) is 11.3 Å². The molecule has 6 nitrogen and oxygen atoms in total. The van der Waals surface area contributed by atoms with Crippen LogP contribution in [0, 0.1) is 4.64 Å². The lowest BCUT2D eigenvalue weighted by Crippen LogP contribution is -2.22. The zero-order valence-electron chi connectivity index (χ0n) is 22.8. The molecule has 0 radical (unpaired) electrons. The molecule has 0 saturated carbocycles. The van der Waals surface area contributed by atoms with Crippen LogP contribution in [0.3, 0.4) is 0 Å². The first-order valence-corrected chi connectivity index (χ1v) is 15.8. The van der Waals surface area contributed by atoms with E-state index in [2.05, 4.69) is 28.2 Å². The molecule has 1 aliphatic carbocycles. The highest BCUT2D eigenvalue weighted by Gasteiger charge is 2.36. The molecule has 4 aromatic rings. The van der Waals surface area contributed by atoms with Crippen molar-refractivity contribution in [3.63, 3.8) is 0 Å². The Morgan fingerprint density at radius 1 is 0.929 bits per heavy atom. The van der Waals surface area contributed by atoms with Crippen molar-refractivity contribution in [2.45, 2.75) is 41.2 Å². The van der Waals surface area contributed by atoms with Crippen molar-refractivity contribution in [2.24, 2.45) is 0 Å². The van der Waals surface area contributed by atoms with Gasteiger partial charge in [-0.15, -0.1) is 0 Å². The number of allylic oxidation sites excluding steroid dienone is 2. The van der Waals surface area contributed by atoms with Gasteiger partial charge in [-0.1, -0.05) is 42.2 Å². The number of hydrogen-bond donors (Lipinski definition) is 0. The topological polar surface area (TPSA) is 69.9 Å². The molecular formula is C33H26N4O2S3. The number of hydrogen-bond acceptors (Lipinski definition) is 8. The summed E-state index contributed by atoms with van der Waals surface area (Å²) in [4.78, 5) is 26.8. The lowest BCUT2D eigenvalue weighted by Gasteiger charge is -2.35. The van der Waals surface area contributed by atoms with E-state index in [1.807, 2.05) is 71.8 Å². The van der Waals surface area contributed by atoms with Crippen LogP contribution in [0.2, 0.25) is 0 Å². The highest BCUT2D eigenvalue weighted by atomic mass is 32.2. The van der Waals surface area contributed by atoms with Crippen LogP contribution < -0.4 is 4.74 Å². The fourth-order valence-corrected chi connectivity index (χ4v) is 8.43. The molecule has 3 aliphatic rings. The average Bonchev–Trinajstić information content (AvgIpc) is 3.03. The minimum atomic E-state index is -0.00463. The maximum Gasteiger partial charge on any atom is 0.224 e. The first-order valence-electron chi connectivity index (χ1n) is 13.7. The maximum absolute atomic E-state index is 13.3. The number of nitrogens with zero attached hydrogens (tertiary/aromatic N) is 4. The molecule has 208 valence electrons. The van der Waals surface area contributed by atoms with E-state index in [9.17, 15) is 4.79 Å². The number of benzene rings is 1. The van der Waals surface area contributed by atoms with Gasteiger partial charge in [0.05, 0.1) is 18.9 Å². The van der Waals surface area contributed by atoms with E-state index in [-0.39, 0.29) is 10.4 Å². The molecule has 1 atom stereocenters. The van der Waals surface area contributed by atoms with Crippen molar-refractivity contribution < 1.29 is 9.53 Å². The third-order valence-corrected chi connectivity index (χ3v) is 10.4. The van der Waals surface area contributed by atoms with E-state index in [0.29, 0.717) is 17.3 Å². The number of aromatic nitrogens is 4. The Hall–Kier alpha value is -3.79. The van der Waals surface area contributed by atoms with Crippen molar-refractivity contribution in [1.29, 1.82) is 0 Å². The largest absolute Gasteiger partial charge is 0.497 e. The minimum absolute atomic E-state index is 0.00463. The summed E-state index contributed by atoms with van der Waals surface area (Å²) in [6, 6.07) is 15.9. The Labute approximate surface area is 257 Å². The molecule has 2 aliphatic heterocycles. The van der Waals surface area contributed by atoms with Crippen molar-refractivity contribution in [3.05, 3.63) is 117 Å². The summed E-state index contributed by atoms with van der Waals surface area (Å²) >= 11 is 9.15. The average molecular weight is 607 g/mol. The van der Waals surface area contributed by atoms with Crippen LogP contribution in [-0.4, -0.2) is 31.7 Å². The molecule has 0 amide bonds. The van der Waals surface area contributed by atoms with Crippen molar-refractivity contribution >= 4 is 58.6 Å². The summed E-state index contributed by atoms with van der Waals surface area (Å²) in [5.41, 5.74) is 8.82. The van der Waals surface area contributed by atoms with Gasteiger partial charge in [0, 0.05) is 35.9 Å². The van der Waals surface area contributed by atoms with Gasteiger partial charge in [0.15, 0.2) is 5.16 Å². The SMILES string of the molecule is COc1ccc(C=C2Cn3c(nc4c(c3=S)C3=C(CCCC3=Cc3ccncc3)C(c3ccncc3)S4)SC2=O)cc1. The maximum atomic E-state index is 13.3. The highest BCUT2D eigenvalue weighted by molar-refractivity contribution is 8.14. The monoisotopic (exact) mass is 606 g/mol. The van der Waals surface area contributed by atoms with E-state index < -0.39 is 0 Å². The van der Waals surface area contributed by atoms with Gasteiger partial charge in [0.1, 0.15) is 15.4 Å². The number of thioether (sulfide) groups is 2. The number of rotatable bonds is 4. The predicted octanol–water partition coefficient (Wildman–Crippen LogP) is 8.00. The van der Waals surface area contributed by atoms with Gasteiger partial charge in [-0.05, 0) is 107 Å². The smallest absolute Gasteiger partial charge is 0.224 e. The van der Waals surface area contributed by atoms with E-state index in [1.54, 1.807) is 18.9 Å². The lowest BCUT2D eigenvalue weighted by molar-refractivity contribution is -0.108. The van der Waals surface area contributed by atoms with Gasteiger partial charge < -0.3 is 9.30 Å². The normalized spacial score (nSPS) is 19.8. The molecule has 0 saturated heterocycles. The molecule has 3 aromatic heterocycles. The summed E-state index contributed by atoms with van der Waals surface area (Å²) in [7, 11) is 1.64. The van der Waals surface area contributed by atoms with Crippen LogP contribution in [0.15, 0.2) is 100 Å². The van der Waals surface area contributed by atoms with Crippen LogP contribution in [0.1, 0.15) is 46.8 Å². The predicted molar refractivity (Wildman–Crippen MR) is 171 cm³/mol. The Bertz CT molecular complexity index is 1850. The lowest BCUT2D eigenvalue weighted by atomic mass is 9.80. The summed E-state index contributed by atoms with van der Waals surface area (Å²) in [6.45, 7) is 0.386. The molecule has 9 heteroatoms. The molecule has 1 aromatic carbocycles. The van der Waals surface area contributed by atoms with E-state index in [4.69, 9.17) is 21.9 Å². The van der Waals surface area contributed by atoms with Gasteiger partial charge in [0.2, 0.25) is 5.12 Å². The van der Waals surface area contributed by atoms with Crippen LogP contribution in [0.5, 0.6) is 5.75 Å². The Morgan fingerprint density at radius 2 is 1.62 bits per heavy atom. The molecule has 7 rings (SSSR count). The van der Waals surface area contributed by atoms with E-state index in [1.165, 1.54) is 22.3 Å². The van der Waals surface area contributed by atoms with Crippen molar-refractivity contribution in [1.82, 2.24) is 19.5 Å². The quantitative estimate of drug-likeness (QED) is 0.100. The molecule has 0 N–H and O–H groups in total. The fourth-order valence-electron chi connectivity index (χ4n) is 5.73. The zero-order chi connectivity index (χ0) is 28.6. The van der Waals surface area contributed by atoms with Crippen LogP contribution in [0.25, 0.3) is 17.7 Å². The zero-order valence-corrected chi connectivity index (χ0v) is 25.3. The van der Waals surface area contributed by atoms with E-state index in [0.717, 1.165) is 63.1 Å². The first kappa shape index (κ1) is 27.1. The van der Waals surface area contributed by atoms with Crippen molar-refractivity contribution in [2.75, 3.05) is 7.11 Å². The van der Waals surface area contributed by atoms with Crippen LogP contribution >= 0.6 is 35.7 Å². The van der Waals surface area contributed by atoms with Gasteiger partial charge in [-0.25, -0.2) is 4.98 Å².